The van der Waals surface area contributed by atoms with E-state index in [0.717, 1.165) is 54.7 Å². The molecule has 0 unspecified atom stereocenters. The van der Waals surface area contributed by atoms with Crippen LogP contribution in [0.4, 0.5) is 5.00 Å². The van der Waals surface area contributed by atoms with Crippen LogP contribution in [0.15, 0.2) is 28.8 Å². The summed E-state index contributed by atoms with van der Waals surface area (Å²) >= 11 is 1.46. The molecular weight excluding hydrogens is 470 g/mol. The van der Waals surface area contributed by atoms with Gasteiger partial charge < -0.3 is 29.4 Å². The molecule has 9 nitrogen and oxygen atoms in total. The van der Waals surface area contributed by atoms with Crippen molar-refractivity contribution in [1.82, 2.24) is 10.5 Å². The second-order valence-corrected chi connectivity index (χ2v) is 9.90. The number of nitrogens with zero attached hydrogens (tertiary/aromatic N) is 1. The molecule has 2 amide bonds. The molecule has 3 aromatic rings. The Morgan fingerprint density at radius 2 is 1.91 bits per heavy atom. The van der Waals surface area contributed by atoms with E-state index in [-0.39, 0.29) is 17.7 Å². The molecule has 182 valence electrons. The van der Waals surface area contributed by atoms with Gasteiger partial charge in [-0.2, -0.15) is 0 Å². The number of rotatable bonds is 6. The highest BCUT2D eigenvalue weighted by Gasteiger charge is 2.29. The fraction of sp³-hybridized carbons (Fsp3) is 0.400. The predicted octanol–water partition coefficient (Wildman–Crippen LogP) is 3.82. The lowest BCUT2D eigenvalue weighted by molar-refractivity contribution is 0.0858. The lowest BCUT2D eigenvalue weighted by Crippen LogP contribution is -2.32. The van der Waals surface area contributed by atoms with Gasteiger partial charge in [0.25, 0.3) is 11.8 Å². The molecule has 2 N–H and O–H groups in total. The van der Waals surface area contributed by atoms with Crippen LogP contribution in [0.1, 0.15) is 50.5 Å². The molecule has 0 bridgehead atoms. The van der Waals surface area contributed by atoms with E-state index in [1.165, 1.54) is 11.3 Å². The van der Waals surface area contributed by atoms with E-state index >= 15 is 0 Å². The SMILES string of the molecule is O=C(Nc1sc2c(c1C(=O)NC[C@@H]1CCCO1)CCC2)c1cc(-c2ccc3c(c2)OCCO3)on1. The summed E-state index contributed by atoms with van der Waals surface area (Å²) < 4.78 is 22.2. The number of thiophene rings is 1. The Balaban J connectivity index is 1.19. The Labute approximate surface area is 205 Å². The largest absolute Gasteiger partial charge is 0.486 e. The maximum atomic E-state index is 13.1. The molecule has 4 heterocycles. The second kappa shape index (κ2) is 9.35. The molecule has 3 aliphatic rings. The lowest BCUT2D eigenvalue weighted by Gasteiger charge is -2.18. The third-order valence-corrected chi connectivity index (χ3v) is 7.67. The Morgan fingerprint density at radius 1 is 1.03 bits per heavy atom. The van der Waals surface area contributed by atoms with Crippen molar-refractivity contribution in [3.63, 3.8) is 0 Å². The van der Waals surface area contributed by atoms with Crippen molar-refractivity contribution >= 4 is 28.2 Å². The zero-order chi connectivity index (χ0) is 23.8. The number of aromatic nitrogens is 1. The van der Waals surface area contributed by atoms with Gasteiger partial charge in [-0.15, -0.1) is 11.3 Å². The standard InChI is InChI=1S/C25H25N3O6S/c29-23(17-12-19(34-28-17)14-6-7-18-20(11-14)33-10-9-32-18)27-25-22(16-4-1-5-21(16)35-25)24(30)26-13-15-3-2-8-31-15/h6-7,11-12,15H,1-5,8-10,13H2,(H,26,30)(H,27,29)/t15-/m0/s1. The molecule has 1 atom stereocenters. The van der Waals surface area contributed by atoms with Gasteiger partial charge in [0.1, 0.15) is 18.2 Å². The van der Waals surface area contributed by atoms with Gasteiger partial charge in [0.2, 0.25) is 0 Å². The van der Waals surface area contributed by atoms with Crippen molar-refractivity contribution in [2.45, 2.75) is 38.2 Å². The van der Waals surface area contributed by atoms with Crippen LogP contribution in [-0.4, -0.2) is 49.4 Å². The molecule has 35 heavy (non-hydrogen) atoms. The summed E-state index contributed by atoms with van der Waals surface area (Å²) in [6.07, 6.45) is 4.79. The number of anilines is 1. The quantitative estimate of drug-likeness (QED) is 0.535. The maximum absolute atomic E-state index is 13.1. The minimum atomic E-state index is -0.425. The van der Waals surface area contributed by atoms with Crippen LogP contribution in [-0.2, 0) is 17.6 Å². The molecule has 1 aromatic carbocycles. The first-order valence-electron chi connectivity index (χ1n) is 11.9. The molecule has 0 radical (unpaired) electrons. The molecular formula is C25H25N3O6S. The average molecular weight is 496 g/mol. The fourth-order valence-electron chi connectivity index (χ4n) is 4.71. The summed E-state index contributed by atoms with van der Waals surface area (Å²) in [4.78, 5) is 27.3. The first kappa shape index (κ1) is 22.1. The summed E-state index contributed by atoms with van der Waals surface area (Å²) in [7, 11) is 0. The number of amides is 2. The molecule has 2 aromatic heterocycles. The number of carbonyl (C=O) groups excluding carboxylic acids is 2. The second-order valence-electron chi connectivity index (χ2n) is 8.80. The van der Waals surface area contributed by atoms with Crippen molar-refractivity contribution in [3.8, 4) is 22.8 Å². The highest BCUT2D eigenvalue weighted by molar-refractivity contribution is 7.17. The fourth-order valence-corrected chi connectivity index (χ4v) is 6.00. The van der Waals surface area contributed by atoms with Gasteiger partial charge in [-0.05, 0) is 55.9 Å². The Bertz CT molecular complexity index is 1280. The van der Waals surface area contributed by atoms with E-state index in [2.05, 4.69) is 15.8 Å². The van der Waals surface area contributed by atoms with Crippen molar-refractivity contribution in [2.24, 2.45) is 0 Å². The van der Waals surface area contributed by atoms with Crippen molar-refractivity contribution in [3.05, 3.63) is 46.0 Å². The highest BCUT2D eigenvalue weighted by atomic mass is 32.1. The molecule has 10 heteroatoms. The number of aryl methyl sites for hydroxylation is 1. The van der Waals surface area contributed by atoms with Gasteiger partial charge in [0.05, 0.1) is 11.7 Å². The van der Waals surface area contributed by atoms with E-state index in [9.17, 15) is 9.59 Å². The predicted molar refractivity (Wildman–Crippen MR) is 129 cm³/mol. The van der Waals surface area contributed by atoms with Gasteiger partial charge >= 0.3 is 0 Å². The average Bonchev–Trinajstić information content (AvgIpc) is 3.67. The van der Waals surface area contributed by atoms with Crippen molar-refractivity contribution in [1.29, 1.82) is 0 Å². The number of ether oxygens (including phenoxy) is 3. The molecule has 0 spiro atoms. The first-order valence-corrected chi connectivity index (χ1v) is 12.7. The van der Waals surface area contributed by atoms with E-state index in [0.29, 0.717) is 47.6 Å². The van der Waals surface area contributed by atoms with E-state index in [1.807, 2.05) is 6.07 Å². The molecule has 0 saturated carbocycles. The van der Waals surface area contributed by atoms with Crippen LogP contribution in [0.3, 0.4) is 0 Å². The van der Waals surface area contributed by atoms with Gasteiger partial charge in [-0.1, -0.05) is 5.16 Å². The molecule has 1 saturated heterocycles. The Kier molecular flexibility index (Phi) is 5.91. The summed E-state index contributed by atoms with van der Waals surface area (Å²) in [5.41, 5.74) is 2.45. The van der Waals surface area contributed by atoms with Crippen molar-refractivity contribution < 1.29 is 28.3 Å². The number of fused-ring (bicyclic) bond motifs is 2. The Hall–Kier alpha value is -3.37. The molecule has 2 aliphatic heterocycles. The highest BCUT2D eigenvalue weighted by Crippen LogP contribution is 2.39. The summed E-state index contributed by atoms with van der Waals surface area (Å²) in [5, 5.41) is 10.4. The van der Waals surface area contributed by atoms with Crippen molar-refractivity contribution in [2.75, 3.05) is 31.7 Å². The van der Waals surface area contributed by atoms with Crippen LogP contribution in [0.2, 0.25) is 0 Å². The summed E-state index contributed by atoms with van der Waals surface area (Å²) in [6, 6.07) is 7.02. The van der Waals surface area contributed by atoms with Crippen LogP contribution in [0, 0.1) is 0 Å². The van der Waals surface area contributed by atoms with Gasteiger partial charge in [-0.25, -0.2) is 0 Å². The number of hydrogen-bond donors (Lipinski definition) is 2. The minimum absolute atomic E-state index is 0.0535. The third kappa shape index (κ3) is 4.39. The van der Waals surface area contributed by atoms with E-state index < -0.39 is 5.91 Å². The van der Waals surface area contributed by atoms with Crippen LogP contribution >= 0.6 is 11.3 Å². The monoisotopic (exact) mass is 495 g/mol. The number of benzene rings is 1. The van der Waals surface area contributed by atoms with E-state index in [1.54, 1.807) is 18.2 Å². The van der Waals surface area contributed by atoms with Gasteiger partial charge in [0, 0.05) is 29.7 Å². The smallest absolute Gasteiger partial charge is 0.278 e. The normalized spacial score (nSPS) is 18.3. The van der Waals surface area contributed by atoms with E-state index in [4.69, 9.17) is 18.7 Å². The summed E-state index contributed by atoms with van der Waals surface area (Å²) in [6.45, 7) is 2.20. The first-order chi connectivity index (χ1) is 17.2. The number of carbonyl (C=O) groups is 2. The molecule has 6 rings (SSSR count). The molecule has 1 fully saturated rings. The number of hydrogen-bond acceptors (Lipinski definition) is 8. The van der Waals surface area contributed by atoms with Gasteiger partial charge in [-0.3, -0.25) is 9.59 Å². The number of nitrogens with one attached hydrogen (secondary N) is 2. The molecule has 1 aliphatic carbocycles. The zero-order valence-corrected chi connectivity index (χ0v) is 19.9. The van der Waals surface area contributed by atoms with Crippen LogP contribution in [0.5, 0.6) is 11.5 Å². The Morgan fingerprint density at radius 3 is 2.77 bits per heavy atom. The van der Waals surface area contributed by atoms with Crippen LogP contribution < -0.4 is 20.1 Å². The zero-order valence-electron chi connectivity index (χ0n) is 19.1. The minimum Gasteiger partial charge on any atom is -0.486 e. The van der Waals surface area contributed by atoms with Gasteiger partial charge in [0.15, 0.2) is 23.0 Å². The lowest BCUT2D eigenvalue weighted by atomic mass is 10.1. The maximum Gasteiger partial charge on any atom is 0.278 e. The summed E-state index contributed by atoms with van der Waals surface area (Å²) in [5.74, 6) is 1.14. The topological polar surface area (TPSA) is 112 Å². The van der Waals surface area contributed by atoms with Crippen LogP contribution in [0.25, 0.3) is 11.3 Å². The third-order valence-electron chi connectivity index (χ3n) is 6.46.